The van der Waals surface area contributed by atoms with Gasteiger partial charge in [-0.05, 0) is 65.0 Å². The van der Waals surface area contributed by atoms with E-state index in [4.69, 9.17) is 0 Å². The molecule has 2 N–H and O–H groups in total. The highest BCUT2D eigenvalue weighted by Crippen LogP contribution is 2.26. The van der Waals surface area contributed by atoms with Crippen LogP contribution in [0.5, 0.6) is 0 Å². The molecule has 1 saturated carbocycles. The van der Waals surface area contributed by atoms with Gasteiger partial charge in [0.15, 0.2) is 0 Å². The quantitative estimate of drug-likeness (QED) is 0.640. The van der Waals surface area contributed by atoms with Crippen LogP contribution in [-0.2, 0) is 0 Å². The summed E-state index contributed by atoms with van der Waals surface area (Å²) in [4.78, 5) is 2.57. The van der Waals surface area contributed by atoms with Crippen molar-refractivity contribution in [3.8, 4) is 0 Å². The summed E-state index contributed by atoms with van der Waals surface area (Å²) in [5.74, 6) is 0.932. The SMILES string of the molecule is CC1CCC(N(C)CCCCC(C)(CO)NC(C)C)CC1. The zero-order valence-electron chi connectivity index (χ0n) is 15.0. The third-order valence-corrected chi connectivity index (χ3v) is 5.08. The Labute approximate surface area is 132 Å². The molecular weight excluding hydrogens is 260 g/mol. The normalized spacial score (nSPS) is 26.3. The lowest BCUT2D eigenvalue weighted by molar-refractivity contribution is 0.145. The third-order valence-electron chi connectivity index (χ3n) is 5.08. The Kier molecular flexibility index (Phi) is 8.22. The van der Waals surface area contributed by atoms with E-state index >= 15 is 0 Å². The summed E-state index contributed by atoms with van der Waals surface area (Å²) in [6.07, 6.45) is 9.02. The highest BCUT2D eigenvalue weighted by molar-refractivity contribution is 4.84. The predicted octanol–water partition coefficient (Wildman–Crippen LogP) is 3.42. The van der Waals surface area contributed by atoms with Gasteiger partial charge in [-0.15, -0.1) is 0 Å². The fraction of sp³-hybridized carbons (Fsp3) is 1.00. The first-order valence-electron chi connectivity index (χ1n) is 8.95. The summed E-state index contributed by atoms with van der Waals surface area (Å²) in [7, 11) is 2.29. The van der Waals surface area contributed by atoms with E-state index in [1.165, 1.54) is 45.1 Å². The minimum atomic E-state index is -0.118. The van der Waals surface area contributed by atoms with Crippen LogP contribution >= 0.6 is 0 Å². The molecule has 0 radical (unpaired) electrons. The number of rotatable bonds is 9. The molecule has 3 nitrogen and oxygen atoms in total. The third kappa shape index (κ3) is 7.12. The highest BCUT2D eigenvalue weighted by atomic mass is 16.3. The summed E-state index contributed by atoms with van der Waals surface area (Å²) in [6.45, 7) is 10.2. The summed E-state index contributed by atoms with van der Waals surface area (Å²) < 4.78 is 0. The molecule has 1 atom stereocenters. The van der Waals surface area contributed by atoms with Gasteiger partial charge in [0, 0.05) is 17.6 Å². The number of aliphatic hydroxyl groups is 1. The Morgan fingerprint density at radius 3 is 2.33 bits per heavy atom. The fourth-order valence-corrected chi connectivity index (χ4v) is 3.64. The summed E-state index contributed by atoms with van der Waals surface area (Å²) in [5.41, 5.74) is -0.118. The van der Waals surface area contributed by atoms with Crippen molar-refractivity contribution in [2.24, 2.45) is 5.92 Å². The van der Waals surface area contributed by atoms with Gasteiger partial charge >= 0.3 is 0 Å². The van der Waals surface area contributed by atoms with E-state index in [2.05, 4.69) is 45.0 Å². The van der Waals surface area contributed by atoms with Crippen LogP contribution in [0.4, 0.5) is 0 Å². The second kappa shape index (κ2) is 9.12. The first kappa shape index (κ1) is 18.9. The van der Waals surface area contributed by atoms with Crippen molar-refractivity contribution >= 4 is 0 Å². The zero-order chi connectivity index (χ0) is 15.9. The fourth-order valence-electron chi connectivity index (χ4n) is 3.64. The van der Waals surface area contributed by atoms with Crippen LogP contribution in [0.3, 0.4) is 0 Å². The lowest BCUT2D eigenvalue weighted by Gasteiger charge is -2.34. The second-order valence-electron chi connectivity index (χ2n) is 7.87. The molecule has 0 amide bonds. The number of nitrogens with one attached hydrogen (secondary N) is 1. The topological polar surface area (TPSA) is 35.5 Å². The van der Waals surface area contributed by atoms with E-state index in [0.717, 1.165) is 18.4 Å². The molecule has 0 aromatic heterocycles. The molecular formula is C18H38N2O. The Balaban J connectivity index is 2.20. The largest absolute Gasteiger partial charge is 0.394 e. The molecule has 0 aromatic carbocycles. The van der Waals surface area contributed by atoms with Gasteiger partial charge in [0.2, 0.25) is 0 Å². The van der Waals surface area contributed by atoms with Gasteiger partial charge in [-0.2, -0.15) is 0 Å². The molecule has 1 unspecified atom stereocenters. The lowest BCUT2D eigenvalue weighted by atomic mass is 9.86. The van der Waals surface area contributed by atoms with Crippen molar-refractivity contribution in [1.82, 2.24) is 10.2 Å². The first-order valence-corrected chi connectivity index (χ1v) is 8.95. The molecule has 1 aliphatic rings. The van der Waals surface area contributed by atoms with Crippen molar-refractivity contribution in [2.45, 2.75) is 90.3 Å². The van der Waals surface area contributed by atoms with Gasteiger partial charge < -0.3 is 15.3 Å². The molecule has 0 aromatic rings. The molecule has 1 aliphatic carbocycles. The van der Waals surface area contributed by atoms with Gasteiger partial charge in [-0.1, -0.05) is 27.2 Å². The van der Waals surface area contributed by atoms with E-state index in [1.54, 1.807) is 0 Å². The Hall–Kier alpha value is -0.120. The average molecular weight is 299 g/mol. The van der Waals surface area contributed by atoms with E-state index in [0.29, 0.717) is 6.04 Å². The van der Waals surface area contributed by atoms with Crippen LogP contribution in [0.2, 0.25) is 0 Å². The van der Waals surface area contributed by atoms with Crippen LogP contribution in [0, 0.1) is 5.92 Å². The van der Waals surface area contributed by atoms with Gasteiger partial charge in [0.1, 0.15) is 0 Å². The number of nitrogens with zero attached hydrogens (tertiary/aromatic N) is 1. The molecule has 21 heavy (non-hydrogen) atoms. The molecule has 0 aliphatic heterocycles. The summed E-state index contributed by atoms with van der Waals surface area (Å²) in [6, 6.07) is 1.23. The van der Waals surface area contributed by atoms with Crippen LogP contribution in [0.1, 0.15) is 72.6 Å². The first-order chi connectivity index (χ1) is 9.86. The monoisotopic (exact) mass is 298 g/mol. The van der Waals surface area contributed by atoms with Crippen molar-refractivity contribution in [1.29, 1.82) is 0 Å². The molecule has 0 saturated heterocycles. The van der Waals surface area contributed by atoms with Crippen molar-refractivity contribution in [3.05, 3.63) is 0 Å². The molecule has 126 valence electrons. The van der Waals surface area contributed by atoms with Gasteiger partial charge in [-0.25, -0.2) is 0 Å². The maximum atomic E-state index is 9.60. The maximum Gasteiger partial charge on any atom is 0.0610 e. The molecule has 3 heteroatoms. The predicted molar refractivity (Wildman–Crippen MR) is 91.7 cm³/mol. The van der Waals surface area contributed by atoms with Crippen LogP contribution < -0.4 is 5.32 Å². The van der Waals surface area contributed by atoms with E-state index in [9.17, 15) is 5.11 Å². The number of unbranched alkanes of at least 4 members (excludes halogenated alkanes) is 1. The minimum absolute atomic E-state index is 0.118. The minimum Gasteiger partial charge on any atom is -0.394 e. The van der Waals surface area contributed by atoms with Gasteiger partial charge in [0.25, 0.3) is 0 Å². The summed E-state index contributed by atoms with van der Waals surface area (Å²) in [5, 5.41) is 13.1. The van der Waals surface area contributed by atoms with Crippen LogP contribution in [0.25, 0.3) is 0 Å². The lowest BCUT2D eigenvalue weighted by Crippen LogP contribution is -2.49. The number of aliphatic hydroxyl groups excluding tert-OH is 1. The van der Waals surface area contributed by atoms with Gasteiger partial charge in [0.05, 0.1) is 6.61 Å². The number of hydrogen-bond donors (Lipinski definition) is 2. The standard InChI is InChI=1S/C18H38N2O/c1-15(2)19-18(4,14-21)12-6-7-13-20(5)17-10-8-16(3)9-11-17/h15-17,19,21H,6-14H2,1-5H3. The number of hydrogen-bond acceptors (Lipinski definition) is 3. The molecule has 0 spiro atoms. The van der Waals surface area contributed by atoms with E-state index in [1.807, 2.05) is 0 Å². The molecule has 1 rings (SSSR count). The van der Waals surface area contributed by atoms with Gasteiger partial charge in [-0.3, -0.25) is 0 Å². The Bertz CT molecular complexity index is 274. The summed E-state index contributed by atoms with van der Waals surface area (Å²) >= 11 is 0. The Morgan fingerprint density at radius 1 is 1.19 bits per heavy atom. The van der Waals surface area contributed by atoms with E-state index in [-0.39, 0.29) is 12.1 Å². The molecule has 1 fully saturated rings. The van der Waals surface area contributed by atoms with E-state index < -0.39 is 0 Å². The Morgan fingerprint density at radius 2 is 1.81 bits per heavy atom. The van der Waals surface area contributed by atoms with Crippen molar-refractivity contribution in [2.75, 3.05) is 20.2 Å². The highest BCUT2D eigenvalue weighted by Gasteiger charge is 2.24. The molecule has 0 heterocycles. The van der Waals surface area contributed by atoms with Crippen LogP contribution in [-0.4, -0.2) is 47.8 Å². The van der Waals surface area contributed by atoms with Crippen LogP contribution in [0.15, 0.2) is 0 Å². The second-order valence-corrected chi connectivity index (χ2v) is 7.87. The maximum absolute atomic E-state index is 9.60. The van der Waals surface area contributed by atoms with Crippen molar-refractivity contribution in [3.63, 3.8) is 0 Å². The van der Waals surface area contributed by atoms with Crippen molar-refractivity contribution < 1.29 is 5.11 Å². The molecule has 0 bridgehead atoms. The smallest absolute Gasteiger partial charge is 0.0610 e. The average Bonchev–Trinajstić information content (AvgIpc) is 2.43. The zero-order valence-corrected chi connectivity index (χ0v) is 15.0.